The van der Waals surface area contributed by atoms with Crippen molar-refractivity contribution < 1.29 is 4.79 Å². The number of carbonyl (C=O) groups excluding carboxylic acids is 1. The molecule has 2 aromatic rings. The zero-order chi connectivity index (χ0) is 14.9. The van der Waals surface area contributed by atoms with E-state index in [1.807, 2.05) is 6.07 Å². The molecule has 0 saturated carbocycles. The molecule has 0 bridgehead atoms. The lowest BCUT2D eigenvalue weighted by Gasteiger charge is -2.22. The van der Waals surface area contributed by atoms with Crippen LogP contribution in [0.15, 0.2) is 42.5 Å². The van der Waals surface area contributed by atoms with Gasteiger partial charge in [0.1, 0.15) is 0 Å². The maximum absolute atomic E-state index is 12.3. The third-order valence-electron chi connectivity index (χ3n) is 4.69. The van der Waals surface area contributed by atoms with Crippen LogP contribution in [0.4, 0.5) is 5.69 Å². The van der Waals surface area contributed by atoms with Crippen LogP contribution in [0.25, 0.3) is 11.1 Å². The first kappa shape index (κ1) is 13.5. The van der Waals surface area contributed by atoms with E-state index in [0.717, 1.165) is 31.5 Å². The average molecular weight is 292 g/mol. The summed E-state index contributed by atoms with van der Waals surface area (Å²) in [6.07, 6.45) is 4.19. The van der Waals surface area contributed by atoms with E-state index < -0.39 is 0 Å². The van der Waals surface area contributed by atoms with E-state index >= 15 is 0 Å². The van der Waals surface area contributed by atoms with Gasteiger partial charge in [0.25, 0.3) is 0 Å². The molecule has 3 nitrogen and oxygen atoms in total. The number of carbonyl (C=O) groups is 1. The number of piperidine rings is 1. The molecule has 1 amide bonds. The van der Waals surface area contributed by atoms with E-state index in [1.54, 1.807) is 0 Å². The number of anilines is 1. The highest BCUT2D eigenvalue weighted by molar-refractivity contribution is 5.95. The predicted octanol–water partition coefficient (Wildman–Crippen LogP) is 3.34. The fraction of sp³-hybridized carbons (Fsp3) is 0.316. The number of amides is 1. The number of fused-ring (bicyclic) bond motifs is 3. The van der Waals surface area contributed by atoms with Gasteiger partial charge in [-0.25, -0.2) is 0 Å². The Balaban J connectivity index is 1.53. The Hall–Kier alpha value is -2.13. The van der Waals surface area contributed by atoms with Crippen LogP contribution in [-0.4, -0.2) is 18.5 Å². The van der Waals surface area contributed by atoms with Gasteiger partial charge in [0.15, 0.2) is 0 Å². The Bertz CT molecular complexity index is 717. The minimum Gasteiger partial charge on any atom is -0.325 e. The Morgan fingerprint density at radius 2 is 1.91 bits per heavy atom. The number of benzene rings is 2. The normalized spacial score (nSPS) is 19.4. The van der Waals surface area contributed by atoms with Crippen LogP contribution in [-0.2, 0) is 11.2 Å². The van der Waals surface area contributed by atoms with Gasteiger partial charge in [0.05, 0.1) is 6.04 Å². The summed E-state index contributed by atoms with van der Waals surface area (Å²) in [5.41, 5.74) is 6.20. The van der Waals surface area contributed by atoms with Gasteiger partial charge in [-0.05, 0) is 60.2 Å². The molecule has 0 radical (unpaired) electrons. The molecule has 1 saturated heterocycles. The maximum Gasteiger partial charge on any atom is 0.241 e. The Morgan fingerprint density at radius 1 is 1.05 bits per heavy atom. The van der Waals surface area contributed by atoms with Gasteiger partial charge in [-0.3, -0.25) is 4.79 Å². The number of nitrogens with one attached hydrogen (secondary N) is 2. The van der Waals surface area contributed by atoms with Crippen molar-refractivity contribution in [3.05, 3.63) is 53.6 Å². The van der Waals surface area contributed by atoms with E-state index in [4.69, 9.17) is 0 Å². The van der Waals surface area contributed by atoms with E-state index in [-0.39, 0.29) is 11.9 Å². The van der Waals surface area contributed by atoms with Crippen molar-refractivity contribution in [1.82, 2.24) is 5.32 Å². The van der Waals surface area contributed by atoms with Crippen LogP contribution in [0.2, 0.25) is 0 Å². The van der Waals surface area contributed by atoms with Gasteiger partial charge < -0.3 is 10.6 Å². The number of rotatable bonds is 2. The first-order chi connectivity index (χ1) is 10.8. The molecule has 0 spiro atoms. The monoisotopic (exact) mass is 292 g/mol. The molecule has 0 aromatic heterocycles. The van der Waals surface area contributed by atoms with Crippen molar-refractivity contribution in [3.63, 3.8) is 0 Å². The zero-order valence-corrected chi connectivity index (χ0v) is 12.6. The third-order valence-corrected chi connectivity index (χ3v) is 4.69. The minimum atomic E-state index is -0.0424. The molecule has 112 valence electrons. The van der Waals surface area contributed by atoms with Gasteiger partial charge in [-0.1, -0.05) is 36.8 Å². The third kappa shape index (κ3) is 2.42. The summed E-state index contributed by atoms with van der Waals surface area (Å²) < 4.78 is 0. The lowest BCUT2D eigenvalue weighted by molar-refractivity contribution is -0.118. The lowest BCUT2D eigenvalue weighted by atomic mass is 10.0. The molecule has 2 aliphatic rings. The van der Waals surface area contributed by atoms with E-state index in [0.29, 0.717) is 0 Å². The summed E-state index contributed by atoms with van der Waals surface area (Å²) in [5.74, 6) is 0.0927. The highest BCUT2D eigenvalue weighted by Crippen LogP contribution is 2.37. The smallest absolute Gasteiger partial charge is 0.241 e. The molecule has 22 heavy (non-hydrogen) atoms. The Kier molecular flexibility index (Phi) is 3.43. The fourth-order valence-corrected chi connectivity index (χ4v) is 3.53. The standard InChI is InChI=1S/C19H20N2O/c22-19(18-7-3-4-10-20-18)21-15-8-9-17-14(12-15)11-13-5-1-2-6-16(13)17/h1-2,5-6,8-9,12,18,20H,3-4,7,10-11H2,(H,21,22)/t18-/m0/s1. The van der Waals surface area contributed by atoms with Crippen LogP contribution in [0.3, 0.4) is 0 Å². The van der Waals surface area contributed by atoms with Gasteiger partial charge in [0.2, 0.25) is 5.91 Å². The molecule has 2 aromatic carbocycles. The molecule has 2 N–H and O–H groups in total. The van der Waals surface area contributed by atoms with Gasteiger partial charge >= 0.3 is 0 Å². The van der Waals surface area contributed by atoms with Crippen LogP contribution in [0, 0.1) is 0 Å². The molecule has 4 rings (SSSR count). The first-order valence-corrected chi connectivity index (χ1v) is 8.07. The molecular formula is C19H20N2O. The second-order valence-corrected chi connectivity index (χ2v) is 6.20. The van der Waals surface area contributed by atoms with Gasteiger partial charge in [-0.2, -0.15) is 0 Å². The topological polar surface area (TPSA) is 41.1 Å². The van der Waals surface area contributed by atoms with Crippen molar-refractivity contribution in [2.45, 2.75) is 31.7 Å². The molecule has 1 atom stereocenters. The van der Waals surface area contributed by atoms with Crippen molar-refractivity contribution in [2.75, 3.05) is 11.9 Å². The molecule has 3 heteroatoms. The molecule has 1 heterocycles. The van der Waals surface area contributed by atoms with Crippen LogP contribution >= 0.6 is 0 Å². The number of hydrogen-bond donors (Lipinski definition) is 2. The highest BCUT2D eigenvalue weighted by atomic mass is 16.2. The van der Waals surface area contributed by atoms with Crippen molar-refractivity contribution >= 4 is 11.6 Å². The molecule has 0 unspecified atom stereocenters. The second kappa shape index (κ2) is 5.58. The Morgan fingerprint density at radius 3 is 2.77 bits per heavy atom. The second-order valence-electron chi connectivity index (χ2n) is 6.20. The Labute approximate surface area is 130 Å². The lowest BCUT2D eigenvalue weighted by Crippen LogP contribution is -2.43. The summed E-state index contributed by atoms with van der Waals surface area (Å²) in [5, 5.41) is 6.36. The summed E-state index contributed by atoms with van der Waals surface area (Å²) in [7, 11) is 0. The number of hydrogen-bond acceptors (Lipinski definition) is 2. The zero-order valence-electron chi connectivity index (χ0n) is 12.6. The summed E-state index contributed by atoms with van der Waals surface area (Å²) >= 11 is 0. The predicted molar refractivity (Wildman–Crippen MR) is 89.0 cm³/mol. The van der Waals surface area contributed by atoms with Crippen molar-refractivity contribution in [1.29, 1.82) is 0 Å². The van der Waals surface area contributed by atoms with E-state index in [2.05, 4.69) is 47.0 Å². The van der Waals surface area contributed by atoms with Crippen LogP contribution < -0.4 is 10.6 Å². The first-order valence-electron chi connectivity index (χ1n) is 8.07. The van der Waals surface area contributed by atoms with E-state index in [1.165, 1.54) is 28.7 Å². The maximum atomic E-state index is 12.3. The minimum absolute atomic E-state index is 0.0424. The van der Waals surface area contributed by atoms with Crippen molar-refractivity contribution in [2.24, 2.45) is 0 Å². The average Bonchev–Trinajstić information content (AvgIpc) is 2.93. The van der Waals surface area contributed by atoms with Crippen molar-refractivity contribution in [3.8, 4) is 11.1 Å². The fourth-order valence-electron chi connectivity index (χ4n) is 3.53. The molecule has 1 aliphatic carbocycles. The summed E-state index contributed by atoms with van der Waals surface area (Å²) in [6.45, 7) is 0.942. The largest absolute Gasteiger partial charge is 0.325 e. The van der Waals surface area contributed by atoms with Crippen LogP contribution in [0.1, 0.15) is 30.4 Å². The van der Waals surface area contributed by atoms with Crippen LogP contribution in [0.5, 0.6) is 0 Å². The quantitative estimate of drug-likeness (QED) is 0.760. The summed E-state index contributed by atoms with van der Waals surface area (Å²) in [6, 6.07) is 14.7. The highest BCUT2D eigenvalue weighted by Gasteiger charge is 2.22. The summed E-state index contributed by atoms with van der Waals surface area (Å²) in [4.78, 5) is 12.3. The van der Waals surface area contributed by atoms with E-state index in [9.17, 15) is 4.79 Å². The SMILES string of the molecule is O=C(Nc1ccc2c(c1)Cc1ccccc1-2)[C@@H]1CCCCN1. The molecular weight excluding hydrogens is 272 g/mol. The van der Waals surface area contributed by atoms with Gasteiger partial charge in [-0.15, -0.1) is 0 Å². The molecule has 1 aliphatic heterocycles. The molecule has 1 fully saturated rings. The van der Waals surface area contributed by atoms with Gasteiger partial charge in [0, 0.05) is 5.69 Å².